The van der Waals surface area contributed by atoms with Gasteiger partial charge in [-0.25, -0.2) is 4.79 Å². The van der Waals surface area contributed by atoms with Crippen molar-refractivity contribution in [3.8, 4) is 11.1 Å². The van der Waals surface area contributed by atoms with E-state index in [0.717, 1.165) is 19.3 Å². The number of hydrogen-bond donors (Lipinski definition) is 3. The van der Waals surface area contributed by atoms with Crippen LogP contribution in [0.25, 0.3) is 11.1 Å². The van der Waals surface area contributed by atoms with Gasteiger partial charge in [-0.3, -0.25) is 9.59 Å². The number of nitrogens with one attached hydrogen (secondary N) is 2. The first-order valence-electron chi connectivity index (χ1n) is 12.6. The third-order valence-corrected chi connectivity index (χ3v) is 7.86. The molecule has 0 saturated heterocycles. The van der Waals surface area contributed by atoms with Gasteiger partial charge in [0.2, 0.25) is 5.91 Å². The Hall–Kier alpha value is -3.35. The number of carboxylic acid groups (broad SMARTS) is 1. The SMILES string of the molecule is O=C(O)CC1(NC(=O)C2CC(NC(=O)OCC3c4ccccc4-c4ccccc43)C2)CCCCC1. The van der Waals surface area contributed by atoms with Crippen LogP contribution in [0.5, 0.6) is 0 Å². The van der Waals surface area contributed by atoms with Crippen molar-refractivity contribution in [1.82, 2.24) is 10.6 Å². The molecule has 2 aromatic rings. The zero-order chi connectivity index (χ0) is 24.4. The van der Waals surface area contributed by atoms with Crippen LogP contribution in [0.4, 0.5) is 4.79 Å². The van der Waals surface area contributed by atoms with E-state index in [2.05, 4.69) is 34.9 Å². The van der Waals surface area contributed by atoms with Crippen LogP contribution in [-0.4, -0.2) is 41.3 Å². The number of carbonyl (C=O) groups is 3. The van der Waals surface area contributed by atoms with E-state index in [1.54, 1.807) is 0 Å². The number of rotatable bonds is 7. The van der Waals surface area contributed by atoms with Gasteiger partial charge in [-0.15, -0.1) is 0 Å². The summed E-state index contributed by atoms with van der Waals surface area (Å²) in [6.45, 7) is 0.258. The number of carbonyl (C=O) groups excluding carboxylic acids is 2. The molecule has 2 aromatic carbocycles. The third-order valence-electron chi connectivity index (χ3n) is 7.86. The Morgan fingerprint density at radius 3 is 2.11 bits per heavy atom. The monoisotopic (exact) mass is 476 g/mol. The molecule has 35 heavy (non-hydrogen) atoms. The number of aliphatic carboxylic acids is 1. The van der Waals surface area contributed by atoms with Crippen LogP contribution in [0, 0.1) is 5.92 Å². The molecule has 0 aromatic heterocycles. The normalized spacial score (nSPS) is 22.3. The van der Waals surface area contributed by atoms with Gasteiger partial charge in [-0.1, -0.05) is 67.8 Å². The lowest BCUT2D eigenvalue weighted by Gasteiger charge is -2.41. The first-order valence-corrected chi connectivity index (χ1v) is 12.6. The van der Waals surface area contributed by atoms with Gasteiger partial charge in [0.05, 0.1) is 12.0 Å². The lowest BCUT2D eigenvalue weighted by atomic mass is 9.76. The summed E-state index contributed by atoms with van der Waals surface area (Å²) in [5.74, 6) is -1.18. The number of alkyl carbamates (subject to hydrolysis) is 1. The highest BCUT2D eigenvalue weighted by Gasteiger charge is 2.41. The summed E-state index contributed by atoms with van der Waals surface area (Å²) in [4.78, 5) is 36.7. The van der Waals surface area contributed by atoms with Crippen LogP contribution in [0.2, 0.25) is 0 Å². The Morgan fingerprint density at radius 1 is 0.914 bits per heavy atom. The highest BCUT2D eigenvalue weighted by molar-refractivity contribution is 5.82. The number of fused-ring (bicyclic) bond motifs is 3. The molecule has 0 unspecified atom stereocenters. The van der Waals surface area contributed by atoms with Crippen molar-refractivity contribution in [3.63, 3.8) is 0 Å². The standard InChI is InChI=1S/C28H32N2O5/c31-25(32)16-28(12-6-1-7-13-28)30-26(33)18-14-19(15-18)29-27(34)35-17-24-22-10-4-2-8-20(22)21-9-3-5-11-23(21)24/h2-5,8-11,18-19,24H,1,6-7,12-17H2,(H,29,34)(H,30,33)(H,31,32). The van der Waals surface area contributed by atoms with Crippen molar-refractivity contribution in [1.29, 1.82) is 0 Å². The summed E-state index contributed by atoms with van der Waals surface area (Å²) >= 11 is 0. The Labute approximate surface area is 205 Å². The Balaban J connectivity index is 1.11. The average Bonchev–Trinajstić information content (AvgIpc) is 3.13. The fraction of sp³-hybridized carbons (Fsp3) is 0.464. The average molecular weight is 477 g/mol. The van der Waals surface area contributed by atoms with Gasteiger partial charge in [0.1, 0.15) is 6.61 Å². The van der Waals surface area contributed by atoms with E-state index >= 15 is 0 Å². The van der Waals surface area contributed by atoms with E-state index in [1.807, 2.05) is 24.3 Å². The number of ether oxygens (including phenoxy) is 1. The van der Waals surface area contributed by atoms with Crippen molar-refractivity contribution in [2.45, 2.75) is 68.9 Å². The molecule has 7 heteroatoms. The number of amides is 2. The fourth-order valence-electron chi connectivity index (χ4n) is 5.98. The maximum absolute atomic E-state index is 12.8. The molecule has 184 valence electrons. The summed E-state index contributed by atoms with van der Waals surface area (Å²) in [6.07, 6.45) is 4.94. The maximum Gasteiger partial charge on any atom is 0.407 e. The van der Waals surface area contributed by atoms with Gasteiger partial charge in [-0.2, -0.15) is 0 Å². The molecule has 5 rings (SSSR count). The van der Waals surface area contributed by atoms with Gasteiger partial charge < -0.3 is 20.5 Å². The molecule has 0 aliphatic heterocycles. The highest BCUT2D eigenvalue weighted by atomic mass is 16.5. The van der Waals surface area contributed by atoms with Crippen LogP contribution in [-0.2, 0) is 14.3 Å². The molecule has 3 N–H and O–H groups in total. The first-order chi connectivity index (χ1) is 16.9. The van der Waals surface area contributed by atoms with Crippen molar-refractivity contribution in [2.24, 2.45) is 5.92 Å². The minimum atomic E-state index is -0.879. The number of benzene rings is 2. The van der Waals surface area contributed by atoms with Crippen molar-refractivity contribution >= 4 is 18.0 Å². The van der Waals surface area contributed by atoms with Crippen LogP contribution in [0.3, 0.4) is 0 Å². The third kappa shape index (κ3) is 4.90. The summed E-state index contributed by atoms with van der Waals surface area (Å²) in [7, 11) is 0. The van der Waals surface area contributed by atoms with Crippen LogP contribution < -0.4 is 10.6 Å². The van der Waals surface area contributed by atoms with Crippen LogP contribution >= 0.6 is 0 Å². The molecule has 2 saturated carbocycles. The molecule has 2 fully saturated rings. The summed E-state index contributed by atoms with van der Waals surface area (Å²) < 4.78 is 5.61. The topological polar surface area (TPSA) is 105 Å². The van der Waals surface area contributed by atoms with Gasteiger partial charge in [-0.05, 0) is 47.9 Å². The number of carboxylic acids is 1. The predicted molar refractivity (Wildman–Crippen MR) is 131 cm³/mol. The van der Waals surface area contributed by atoms with Crippen molar-refractivity contribution in [2.75, 3.05) is 6.61 Å². The second-order valence-electron chi connectivity index (χ2n) is 10.2. The van der Waals surface area contributed by atoms with E-state index in [4.69, 9.17) is 4.74 Å². The van der Waals surface area contributed by atoms with Crippen LogP contribution in [0.1, 0.15) is 68.4 Å². The quantitative estimate of drug-likeness (QED) is 0.542. The maximum atomic E-state index is 12.8. The fourth-order valence-corrected chi connectivity index (χ4v) is 5.98. The summed E-state index contributed by atoms with van der Waals surface area (Å²) in [5, 5.41) is 15.3. The van der Waals surface area contributed by atoms with Gasteiger partial charge in [0, 0.05) is 17.9 Å². The molecule has 0 atom stereocenters. The van der Waals surface area contributed by atoms with Crippen molar-refractivity contribution < 1.29 is 24.2 Å². The van der Waals surface area contributed by atoms with E-state index in [-0.39, 0.29) is 36.8 Å². The molecule has 3 aliphatic rings. The molecule has 0 spiro atoms. The smallest absolute Gasteiger partial charge is 0.407 e. The molecule has 3 aliphatic carbocycles. The van der Waals surface area contributed by atoms with Gasteiger partial charge in [0.25, 0.3) is 0 Å². The summed E-state index contributed by atoms with van der Waals surface area (Å²) in [6, 6.07) is 16.3. The highest BCUT2D eigenvalue weighted by Crippen LogP contribution is 2.44. The van der Waals surface area contributed by atoms with E-state index in [0.29, 0.717) is 25.7 Å². The largest absolute Gasteiger partial charge is 0.481 e. The Kier molecular flexibility index (Phi) is 6.50. The van der Waals surface area contributed by atoms with Crippen LogP contribution in [0.15, 0.2) is 48.5 Å². The van der Waals surface area contributed by atoms with E-state index < -0.39 is 17.6 Å². The lowest BCUT2D eigenvalue weighted by Crippen LogP contribution is -2.56. The van der Waals surface area contributed by atoms with E-state index in [9.17, 15) is 19.5 Å². The van der Waals surface area contributed by atoms with E-state index in [1.165, 1.54) is 22.3 Å². The summed E-state index contributed by atoms with van der Waals surface area (Å²) in [5.41, 5.74) is 4.07. The molecule has 0 radical (unpaired) electrons. The number of hydrogen-bond acceptors (Lipinski definition) is 4. The molecule has 7 nitrogen and oxygen atoms in total. The van der Waals surface area contributed by atoms with Crippen molar-refractivity contribution in [3.05, 3.63) is 59.7 Å². The molecule has 2 amide bonds. The molecule has 0 heterocycles. The lowest BCUT2D eigenvalue weighted by molar-refractivity contribution is -0.140. The van der Waals surface area contributed by atoms with Gasteiger partial charge in [0.15, 0.2) is 0 Å². The minimum Gasteiger partial charge on any atom is -0.481 e. The second-order valence-corrected chi connectivity index (χ2v) is 10.2. The predicted octanol–water partition coefficient (Wildman–Crippen LogP) is 4.60. The molecular weight excluding hydrogens is 444 g/mol. The Bertz CT molecular complexity index is 1070. The Morgan fingerprint density at radius 2 is 1.51 bits per heavy atom. The molecular formula is C28H32N2O5. The van der Waals surface area contributed by atoms with Gasteiger partial charge >= 0.3 is 12.1 Å². The molecule has 0 bridgehead atoms. The zero-order valence-corrected chi connectivity index (χ0v) is 19.8. The zero-order valence-electron chi connectivity index (χ0n) is 19.8. The first kappa shape index (κ1) is 23.4. The second kappa shape index (κ2) is 9.72. The minimum absolute atomic E-state index is 0.00832.